The van der Waals surface area contributed by atoms with Crippen LogP contribution in [0.1, 0.15) is 54.5 Å². The van der Waals surface area contributed by atoms with Gasteiger partial charge in [0, 0.05) is 11.1 Å². The van der Waals surface area contributed by atoms with Gasteiger partial charge in [-0.3, -0.25) is 0 Å². The molecular formula is C20H24ClNO2S. The summed E-state index contributed by atoms with van der Waals surface area (Å²) in [6.07, 6.45) is 5.39. The minimum Gasteiger partial charge on any atom is -0.212 e. The second kappa shape index (κ2) is 7.90. The van der Waals surface area contributed by atoms with E-state index in [1.165, 1.54) is 24.0 Å². The Balaban J connectivity index is 1.78. The van der Waals surface area contributed by atoms with Crippen molar-refractivity contribution in [3.05, 3.63) is 69.7 Å². The zero-order valence-electron chi connectivity index (χ0n) is 14.5. The minimum absolute atomic E-state index is 0.103. The number of hydrogen-bond acceptors (Lipinski definition) is 2. The van der Waals surface area contributed by atoms with Crippen molar-refractivity contribution < 1.29 is 8.42 Å². The molecule has 0 amide bonds. The number of aryl methyl sites for hydroxylation is 2. The van der Waals surface area contributed by atoms with Gasteiger partial charge >= 0.3 is 0 Å². The first-order valence-corrected chi connectivity index (χ1v) is 10.9. The zero-order chi connectivity index (χ0) is 17.9. The second-order valence-corrected chi connectivity index (χ2v) is 8.83. The van der Waals surface area contributed by atoms with E-state index in [0.717, 1.165) is 18.4 Å². The number of rotatable bonds is 6. The van der Waals surface area contributed by atoms with Crippen LogP contribution in [0.3, 0.4) is 0 Å². The van der Waals surface area contributed by atoms with Crippen LogP contribution in [0.5, 0.6) is 0 Å². The van der Waals surface area contributed by atoms with Gasteiger partial charge in [-0.15, -0.1) is 0 Å². The SMILES string of the molecule is CC[C@H](NS(=O)(=O)Cc1ccccc1Cl)c1ccc2c(c1)CCCC2. The zero-order valence-corrected chi connectivity index (χ0v) is 16.0. The van der Waals surface area contributed by atoms with Crippen molar-refractivity contribution in [3.8, 4) is 0 Å². The molecule has 0 bridgehead atoms. The molecule has 0 spiro atoms. The summed E-state index contributed by atoms with van der Waals surface area (Å²) >= 11 is 6.10. The lowest BCUT2D eigenvalue weighted by atomic mass is 9.89. The number of halogens is 1. The Morgan fingerprint density at radius 2 is 1.80 bits per heavy atom. The number of benzene rings is 2. The van der Waals surface area contributed by atoms with Crippen LogP contribution in [0.25, 0.3) is 0 Å². The third-order valence-corrected chi connectivity index (χ3v) is 6.51. The quantitative estimate of drug-likeness (QED) is 0.786. The van der Waals surface area contributed by atoms with E-state index in [1.807, 2.05) is 6.92 Å². The van der Waals surface area contributed by atoms with E-state index >= 15 is 0 Å². The van der Waals surface area contributed by atoms with Crippen molar-refractivity contribution in [2.75, 3.05) is 0 Å². The van der Waals surface area contributed by atoms with Gasteiger partial charge < -0.3 is 0 Å². The van der Waals surface area contributed by atoms with Gasteiger partial charge in [-0.25, -0.2) is 13.1 Å². The molecule has 0 saturated heterocycles. The van der Waals surface area contributed by atoms with Crippen LogP contribution >= 0.6 is 11.6 Å². The predicted molar refractivity (Wildman–Crippen MR) is 103 cm³/mol. The van der Waals surface area contributed by atoms with Crippen molar-refractivity contribution in [1.82, 2.24) is 4.72 Å². The maximum Gasteiger partial charge on any atom is 0.216 e. The first kappa shape index (κ1) is 18.4. The molecule has 5 heteroatoms. The number of fused-ring (bicyclic) bond motifs is 1. The standard InChI is InChI=1S/C20H24ClNO2S/c1-2-20(17-12-11-15-7-3-4-8-16(15)13-17)22-25(23,24)14-18-9-5-6-10-19(18)21/h5-6,9-13,20,22H,2-4,7-8,14H2,1H3/t20-/m0/s1. The molecule has 25 heavy (non-hydrogen) atoms. The van der Waals surface area contributed by atoms with Crippen molar-refractivity contribution in [2.24, 2.45) is 0 Å². The van der Waals surface area contributed by atoms with Crippen molar-refractivity contribution >= 4 is 21.6 Å². The predicted octanol–water partition coefficient (Wildman–Crippen LogP) is 4.79. The molecule has 1 atom stereocenters. The molecule has 134 valence electrons. The summed E-state index contributed by atoms with van der Waals surface area (Å²) < 4.78 is 28.1. The average molecular weight is 378 g/mol. The topological polar surface area (TPSA) is 46.2 Å². The van der Waals surface area contributed by atoms with Crippen LogP contribution in [0.15, 0.2) is 42.5 Å². The van der Waals surface area contributed by atoms with E-state index in [9.17, 15) is 8.42 Å². The Hall–Kier alpha value is -1.36. The van der Waals surface area contributed by atoms with Crippen LogP contribution < -0.4 is 4.72 Å². The smallest absolute Gasteiger partial charge is 0.212 e. The number of sulfonamides is 1. The maximum atomic E-state index is 12.6. The Morgan fingerprint density at radius 1 is 1.08 bits per heavy atom. The van der Waals surface area contributed by atoms with Gasteiger partial charge in [0.25, 0.3) is 0 Å². The Labute approximate surface area is 155 Å². The van der Waals surface area contributed by atoms with Gasteiger partial charge in [0.1, 0.15) is 0 Å². The van der Waals surface area contributed by atoms with Crippen molar-refractivity contribution in [2.45, 2.75) is 50.8 Å². The molecule has 0 saturated carbocycles. The lowest BCUT2D eigenvalue weighted by molar-refractivity contribution is 0.548. The Kier molecular flexibility index (Phi) is 5.82. The summed E-state index contributed by atoms with van der Waals surface area (Å²) in [7, 11) is -3.47. The van der Waals surface area contributed by atoms with Gasteiger partial charge in [0.05, 0.1) is 5.75 Å². The molecular weight excluding hydrogens is 354 g/mol. The van der Waals surface area contributed by atoms with E-state index in [2.05, 4.69) is 22.9 Å². The van der Waals surface area contributed by atoms with Gasteiger partial charge in [-0.1, -0.05) is 54.9 Å². The van der Waals surface area contributed by atoms with Crippen LogP contribution in [-0.4, -0.2) is 8.42 Å². The van der Waals surface area contributed by atoms with Gasteiger partial charge in [-0.2, -0.15) is 0 Å². The molecule has 0 aliphatic heterocycles. The van der Waals surface area contributed by atoms with Gasteiger partial charge in [0.2, 0.25) is 10.0 Å². The summed E-state index contributed by atoms with van der Waals surface area (Å²) in [5.74, 6) is -0.103. The number of nitrogens with one attached hydrogen (secondary N) is 1. The normalized spacial score (nSPS) is 15.6. The third-order valence-electron chi connectivity index (χ3n) is 4.81. The van der Waals surface area contributed by atoms with Crippen LogP contribution in [0.2, 0.25) is 5.02 Å². The molecule has 3 rings (SSSR count). The summed E-state index contributed by atoms with van der Waals surface area (Å²) in [4.78, 5) is 0. The largest absolute Gasteiger partial charge is 0.216 e. The molecule has 3 nitrogen and oxygen atoms in total. The summed E-state index contributed by atoms with van der Waals surface area (Å²) in [5.41, 5.74) is 4.44. The lowest BCUT2D eigenvalue weighted by Gasteiger charge is -2.22. The molecule has 0 unspecified atom stereocenters. The molecule has 2 aromatic carbocycles. The van der Waals surface area contributed by atoms with Crippen molar-refractivity contribution in [3.63, 3.8) is 0 Å². The molecule has 2 aromatic rings. The van der Waals surface area contributed by atoms with E-state index in [4.69, 9.17) is 11.6 Å². The highest BCUT2D eigenvalue weighted by atomic mass is 35.5. The van der Waals surface area contributed by atoms with Gasteiger partial charge in [0.15, 0.2) is 0 Å². The van der Waals surface area contributed by atoms with Crippen LogP contribution in [-0.2, 0) is 28.6 Å². The highest BCUT2D eigenvalue weighted by molar-refractivity contribution is 7.88. The average Bonchev–Trinajstić information content (AvgIpc) is 2.61. The highest BCUT2D eigenvalue weighted by Crippen LogP contribution is 2.27. The van der Waals surface area contributed by atoms with Crippen LogP contribution in [0, 0.1) is 0 Å². The van der Waals surface area contributed by atoms with Crippen molar-refractivity contribution in [1.29, 1.82) is 0 Å². The van der Waals surface area contributed by atoms with E-state index < -0.39 is 10.0 Å². The first-order chi connectivity index (χ1) is 12.0. The summed E-state index contributed by atoms with van der Waals surface area (Å²) in [6.45, 7) is 2.00. The summed E-state index contributed by atoms with van der Waals surface area (Å²) in [5, 5.41) is 0.481. The molecule has 0 aromatic heterocycles. The molecule has 1 aliphatic rings. The Morgan fingerprint density at radius 3 is 2.52 bits per heavy atom. The monoisotopic (exact) mass is 377 g/mol. The second-order valence-electron chi connectivity index (χ2n) is 6.66. The maximum absolute atomic E-state index is 12.6. The van der Waals surface area contributed by atoms with Crippen LogP contribution in [0.4, 0.5) is 0 Å². The fourth-order valence-corrected chi connectivity index (χ4v) is 5.20. The van der Waals surface area contributed by atoms with E-state index in [0.29, 0.717) is 17.0 Å². The lowest BCUT2D eigenvalue weighted by Crippen LogP contribution is -2.29. The summed E-state index contributed by atoms with van der Waals surface area (Å²) in [6, 6.07) is 13.3. The molecule has 1 aliphatic carbocycles. The van der Waals surface area contributed by atoms with E-state index in [-0.39, 0.29) is 11.8 Å². The first-order valence-electron chi connectivity index (χ1n) is 8.83. The molecule has 0 radical (unpaired) electrons. The molecule has 0 fully saturated rings. The molecule has 1 N–H and O–H groups in total. The fourth-order valence-electron chi connectivity index (χ4n) is 3.44. The fraction of sp³-hybridized carbons (Fsp3) is 0.400. The highest BCUT2D eigenvalue weighted by Gasteiger charge is 2.21. The Bertz CT molecular complexity index is 849. The molecule has 0 heterocycles. The third kappa shape index (κ3) is 4.63. The minimum atomic E-state index is -3.47. The number of hydrogen-bond donors (Lipinski definition) is 1. The van der Waals surface area contributed by atoms with E-state index in [1.54, 1.807) is 24.3 Å². The van der Waals surface area contributed by atoms with Gasteiger partial charge in [-0.05, 0) is 60.4 Å².